The van der Waals surface area contributed by atoms with Crippen LogP contribution in [-0.2, 0) is 11.2 Å². The summed E-state index contributed by atoms with van der Waals surface area (Å²) in [7, 11) is 1.58. The summed E-state index contributed by atoms with van der Waals surface area (Å²) in [6.07, 6.45) is 0.581. The molecule has 19 heavy (non-hydrogen) atoms. The molecule has 1 aromatic carbocycles. The summed E-state index contributed by atoms with van der Waals surface area (Å²) in [5.74, 6) is -0.195. The average Bonchev–Trinajstić information content (AvgIpc) is 2.37. The second kappa shape index (κ2) is 5.68. The van der Waals surface area contributed by atoms with Crippen LogP contribution in [0.2, 0.25) is 0 Å². The molecule has 0 radical (unpaired) electrons. The van der Waals surface area contributed by atoms with Gasteiger partial charge in [-0.3, -0.25) is 0 Å². The number of aryl methyl sites for hydroxylation is 1. The van der Waals surface area contributed by atoms with Crippen molar-refractivity contribution >= 4 is 11.0 Å². The van der Waals surface area contributed by atoms with E-state index in [-0.39, 0.29) is 11.5 Å². The van der Waals surface area contributed by atoms with Crippen LogP contribution in [0.4, 0.5) is 0 Å². The minimum Gasteiger partial charge on any atom is -0.423 e. The highest BCUT2D eigenvalue weighted by Crippen LogP contribution is 2.19. The van der Waals surface area contributed by atoms with Crippen LogP contribution in [0.25, 0.3) is 11.0 Å². The van der Waals surface area contributed by atoms with E-state index in [4.69, 9.17) is 14.4 Å². The Morgan fingerprint density at radius 3 is 2.89 bits per heavy atom. The third-order valence-corrected chi connectivity index (χ3v) is 3.05. The predicted octanol–water partition coefficient (Wildman–Crippen LogP) is 2.43. The predicted molar refractivity (Wildman–Crippen MR) is 71.9 cm³/mol. The smallest absolute Gasteiger partial charge is 0.336 e. The van der Waals surface area contributed by atoms with Gasteiger partial charge in [0, 0.05) is 18.6 Å². The van der Waals surface area contributed by atoms with Crippen molar-refractivity contribution in [2.45, 2.75) is 13.3 Å². The number of nitriles is 1. The van der Waals surface area contributed by atoms with E-state index in [0.717, 1.165) is 16.5 Å². The van der Waals surface area contributed by atoms with E-state index < -0.39 is 0 Å². The average molecular weight is 257 g/mol. The van der Waals surface area contributed by atoms with Gasteiger partial charge in [-0.15, -0.1) is 0 Å². The number of benzene rings is 1. The molecule has 4 heteroatoms. The van der Waals surface area contributed by atoms with Crippen LogP contribution < -0.4 is 5.63 Å². The van der Waals surface area contributed by atoms with Gasteiger partial charge in [0.15, 0.2) is 0 Å². The maximum absolute atomic E-state index is 11.4. The van der Waals surface area contributed by atoms with E-state index in [1.165, 1.54) is 6.07 Å². The first-order chi connectivity index (χ1) is 9.13. The molecule has 0 aliphatic rings. The fourth-order valence-corrected chi connectivity index (χ4v) is 2.12. The first-order valence-corrected chi connectivity index (χ1v) is 6.06. The van der Waals surface area contributed by atoms with Crippen molar-refractivity contribution in [1.29, 1.82) is 5.26 Å². The van der Waals surface area contributed by atoms with Gasteiger partial charge in [0.1, 0.15) is 5.58 Å². The van der Waals surface area contributed by atoms with Crippen molar-refractivity contribution in [1.82, 2.24) is 0 Å². The second-order valence-corrected chi connectivity index (χ2v) is 4.56. The van der Waals surface area contributed by atoms with Gasteiger partial charge in [-0.05, 0) is 30.5 Å². The number of methoxy groups -OCH3 is 1. The Kier molecular flexibility index (Phi) is 3.98. The van der Waals surface area contributed by atoms with Crippen molar-refractivity contribution < 1.29 is 9.15 Å². The topological polar surface area (TPSA) is 63.2 Å². The lowest BCUT2D eigenvalue weighted by molar-refractivity contribution is 0.172. The van der Waals surface area contributed by atoms with Crippen LogP contribution in [0, 0.1) is 24.2 Å². The Morgan fingerprint density at radius 1 is 1.42 bits per heavy atom. The van der Waals surface area contributed by atoms with Gasteiger partial charge in [0.2, 0.25) is 0 Å². The van der Waals surface area contributed by atoms with E-state index in [1.54, 1.807) is 7.11 Å². The summed E-state index contributed by atoms with van der Waals surface area (Å²) in [6.45, 7) is 2.27. The van der Waals surface area contributed by atoms with Crippen LogP contribution >= 0.6 is 0 Å². The Hall–Kier alpha value is -2.12. The maximum Gasteiger partial charge on any atom is 0.336 e. The van der Waals surface area contributed by atoms with Gasteiger partial charge in [-0.1, -0.05) is 12.1 Å². The lowest BCUT2D eigenvalue weighted by atomic mass is 9.99. The molecule has 0 amide bonds. The largest absolute Gasteiger partial charge is 0.423 e. The van der Waals surface area contributed by atoms with Crippen molar-refractivity contribution in [3.8, 4) is 6.07 Å². The van der Waals surface area contributed by atoms with Crippen LogP contribution in [0.1, 0.15) is 11.1 Å². The molecule has 0 fully saturated rings. The molecule has 1 aromatic heterocycles. The third kappa shape index (κ3) is 3.01. The number of nitrogens with zero attached hydrogens (tertiary/aromatic N) is 1. The Labute approximate surface area is 111 Å². The van der Waals surface area contributed by atoms with Crippen LogP contribution in [-0.4, -0.2) is 13.7 Å². The molecule has 1 heterocycles. The third-order valence-electron chi connectivity index (χ3n) is 3.05. The molecule has 1 atom stereocenters. The molecule has 98 valence electrons. The highest BCUT2D eigenvalue weighted by molar-refractivity contribution is 5.80. The molecule has 4 nitrogen and oxygen atoms in total. The maximum atomic E-state index is 11.4. The molecule has 2 rings (SSSR count). The quantitative estimate of drug-likeness (QED) is 0.789. The Bertz CT molecular complexity index is 682. The van der Waals surface area contributed by atoms with Crippen LogP contribution in [0.5, 0.6) is 0 Å². The minimum absolute atomic E-state index is 0.195. The Morgan fingerprint density at radius 2 is 2.21 bits per heavy atom. The SMILES string of the molecule is COCC(C#N)Cc1ccc2c(C)cc(=O)oc2c1. The molecule has 2 aromatic rings. The van der Waals surface area contributed by atoms with Gasteiger partial charge in [0.25, 0.3) is 0 Å². The molecule has 0 spiro atoms. The number of fused-ring (bicyclic) bond motifs is 1. The molecule has 1 unspecified atom stereocenters. The number of hydrogen-bond donors (Lipinski definition) is 0. The van der Waals surface area contributed by atoms with Crippen molar-refractivity contribution in [2.75, 3.05) is 13.7 Å². The molecular weight excluding hydrogens is 242 g/mol. The zero-order valence-electron chi connectivity index (χ0n) is 11.0. The molecule has 0 aliphatic carbocycles. The molecule has 0 bridgehead atoms. The van der Waals surface area contributed by atoms with Crippen LogP contribution in [0.15, 0.2) is 33.5 Å². The lowest BCUT2D eigenvalue weighted by Gasteiger charge is -2.08. The van der Waals surface area contributed by atoms with Crippen molar-refractivity contribution in [3.05, 3.63) is 45.8 Å². The number of ether oxygens (including phenoxy) is 1. The summed E-state index contributed by atoms with van der Waals surface area (Å²) >= 11 is 0. The molecule has 0 saturated heterocycles. The molecule has 0 N–H and O–H groups in total. The highest BCUT2D eigenvalue weighted by Gasteiger charge is 2.10. The summed E-state index contributed by atoms with van der Waals surface area (Å²) in [4.78, 5) is 11.4. The molecule has 0 aliphatic heterocycles. The number of rotatable bonds is 4. The summed E-state index contributed by atoms with van der Waals surface area (Å²) in [6, 6.07) is 9.38. The van der Waals surface area contributed by atoms with Gasteiger partial charge in [-0.25, -0.2) is 4.79 Å². The zero-order valence-corrected chi connectivity index (χ0v) is 11.0. The summed E-state index contributed by atoms with van der Waals surface area (Å²) in [5.41, 5.74) is 2.07. The van der Waals surface area contributed by atoms with E-state index >= 15 is 0 Å². The Balaban J connectivity index is 2.36. The van der Waals surface area contributed by atoms with Gasteiger partial charge >= 0.3 is 5.63 Å². The first-order valence-electron chi connectivity index (χ1n) is 6.06. The van der Waals surface area contributed by atoms with E-state index in [9.17, 15) is 4.79 Å². The first kappa shape index (κ1) is 13.3. The van der Waals surface area contributed by atoms with E-state index in [1.807, 2.05) is 25.1 Å². The van der Waals surface area contributed by atoms with Gasteiger partial charge in [0.05, 0.1) is 18.6 Å². The normalized spacial score (nSPS) is 12.3. The monoisotopic (exact) mass is 257 g/mol. The molecule has 0 saturated carbocycles. The standard InChI is InChI=1S/C15H15NO3/c1-10-5-15(17)19-14-7-11(3-4-13(10)14)6-12(8-16)9-18-2/h3-5,7,12H,6,9H2,1-2H3. The van der Waals surface area contributed by atoms with Gasteiger partial charge in [-0.2, -0.15) is 5.26 Å². The minimum atomic E-state index is -0.351. The lowest BCUT2D eigenvalue weighted by Crippen LogP contribution is -2.09. The van der Waals surface area contributed by atoms with Crippen molar-refractivity contribution in [2.24, 2.45) is 5.92 Å². The number of hydrogen-bond acceptors (Lipinski definition) is 4. The summed E-state index contributed by atoms with van der Waals surface area (Å²) < 4.78 is 10.2. The molecular formula is C15H15NO3. The van der Waals surface area contributed by atoms with Gasteiger partial charge < -0.3 is 9.15 Å². The summed E-state index contributed by atoms with van der Waals surface area (Å²) in [5, 5.41) is 9.94. The highest BCUT2D eigenvalue weighted by atomic mass is 16.5. The van der Waals surface area contributed by atoms with Crippen LogP contribution in [0.3, 0.4) is 0 Å². The fraction of sp³-hybridized carbons (Fsp3) is 0.333. The van der Waals surface area contributed by atoms with Crippen molar-refractivity contribution in [3.63, 3.8) is 0 Å². The van der Waals surface area contributed by atoms with E-state index in [0.29, 0.717) is 18.6 Å². The second-order valence-electron chi connectivity index (χ2n) is 4.56. The van der Waals surface area contributed by atoms with E-state index in [2.05, 4.69) is 6.07 Å². The zero-order chi connectivity index (χ0) is 13.8. The fourth-order valence-electron chi connectivity index (χ4n) is 2.12.